The van der Waals surface area contributed by atoms with Gasteiger partial charge in [-0.2, -0.15) is 0 Å². The lowest BCUT2D eigenvalue weighted by Crippen LogP contribution is -2.40. The zero-order chi connectivity index (χ0) is 19.2. The number of unbranched alkanes of at least 4 members (excludes halogenated alkanes) is 1. The third-order valence-electron chi connectivity index (χ3n) is 5.10. The topological polar surface area (TPSA) is 93.0 Å². The van der Waals surface area contributed by atoms with Gasteiger partial charge in [0.2, 0.25) is 5.91 Å². The molecule has 2 aromatic heterocycles. The zero-order valence-corrected chi connectivity index (χ0v) is 15.8. The van der Waals surface area contributed by atoms with Crippen molar-refractivity contribution in [3.05, 3.63) is 51.3 Å². The molecule has 146 valence electrons. The number of carbonyl (C=O) groups is 1. The van der Waals surface area contributed by atoms with Crippen LogP contribution < -0.4 is 11.2 Å². The van der Waals surface area contributed by atoms with Crippen LogP contribution in [0.2, 0.25) is 0 Å². The number of aromatic amines is 1. The van der Waals surface area contributed by atoms with Gasteiger partial charge in [0.1, 0.15) is 5.82 Å². The molecule has 0 radical (unpaired) electrons. The Kier molecular flexibility index (Phi) is 6.26. The molecule has 8 nitrogen and oxygen atoms in total. The number of likely N-dealkylation sites (tertiary alicyclic amines) is 1. The second-order valence-electron chi connectivity index (χ2n) is 7.06. The van der Waals surface area contributed by atoms with Crippen LogP contribution in [-0.2, 0) is 17.9 Å². The van der Waals surface area contributed by atoms with Crippen molar-refractivity contribution in [2.75, 3.05) is 13.1 Å². The Hall–Kier alpha value is -2.64. The van der Waals surface area contributed by atoms with Crippen LogP contribution in [0, 0.1) is 0 Å². The Labute approximate surface area is 157 Å². The van der Waals surface area contributed by atoms with Gasteiger partial charge in [0, 0.05) is 63.2 Å². The molecule has 3 heterocycles. The SMILES string of the molecule is CCCCn1ccnc1C1CCCN(C(=O)CCn2ccc(=O)[nH]c2=O)C1. The van der Waals surface area contributed by atoms with E-state index in [0.29, 0.717) is 6.54 Å². The van der Waals surface area contributed by atoms with Gasteiger partial charge < -0.3 is 14.0 Å². The molecule has 1 N–H and O–H groups in total. The first kappa shape index (κ1) is 19.1. The molecule has 27 heavy (non-hydrogen) atoms. The molecule has 1 atom stereocenters. The number of H-pyrrole nitrogens is 1. The summed E-state index contributed by atoms with van der Waals surface area (Å²) in [5.74, 6) is 1.35. The molecule has 0 aromatic carbocycles. The van der Waals surface area contributed by atoms with Crippen LogP contribution in [0.15, 0.2) is 34.2 Å². The van der Waals surface area contributed by atoms with E-state index in [0.717, 1.165) is 44.6 Å². The summed E-state index contributed by atoms with van der Waals surface area (Å²) in [4.78, 5) is 44.1. The molecule has 1 amide bonds. The van der Waals surface area contributed by atoms with E-state index in [1.165, 1.54) is 16.8 Å². The monoisotopic (exact) mass is 373 g/mol. The van der Waals surface area contributed by atoms with Crippen LogP contribution in [0.25, 0.3) is 0 Å². The van der Waals surface area contributed by atoms with Gasteiger partial charge in [0.15, 0.2) is 0 Å². The summed E-state index contributed by atoms with van der Waals surface area (Å²) in [5, 5.41) is 0. The van der Waals surface area contributed by atoms with Gasteiger partial charge in [-0.25, -0.2) is 9.78 Å². The Morgan fingerprint density at radius 1 is 1.26 bits per heavy atom. The molecule has 0 bridgehead atoms. The van der Waals surface area contributed by atoms with E-state index < -0.39 is 11.2 Å². The molecule has 1 unspecified atom stereocenters. The smallest absolute Gasteiger partial charge is 0.328 e. The average molecular weight is 373 g/mol. The van der Waals surface area contributed by atoms with Gasteiger partial charge >= 0.3 is 5.69 Å². The fourth-order valence-corrected chi connectivity index (χ4v) is 3.61. The maximum Gasteiger partial charge on any atom is 0.328 e. The molecule has 1 aliphatic rings. The number of piperidine rings is 1. The number of aryl methyl sites for hydroxylation is 2. The molecular weight excluding hydrogens is 346 g/mol. The van der Waals surface area contributed by atoms with E-state index in [-0.39, 0.29) is 24.8 Å². The fraction of sp³-hybridized carbons (Fsp3) is 0.579. The van der Waals surface area contributed by atoms with E-state index in [4.69, 9.17) is 0 Å². The van der Waals surface area contributed by atoms with Gasteiger partial charge in [-0.15, -0.1) is 0 Å². The number of imidazole rings is 1. The lowest BCUT2D eigenvalue weighted by atomic mass is 9.96. The summed E-state index contributed by atoms with van der Waals surface area (Å²) in [7, 11) is 0. The van der Waals surface area contributed by atoms with Crippen molar-refractivity contribution in [3.8, 4) is 0 Å². The predicted octanol–water partition coefficient (Wildman–Crippen LogP) is 1.33. The highest BCUT2D eigenvalue weighted by Crippen LogP contribution is 2.26. The number of rotatable bonds is 7. The largest absolute Gasteiger partial charge is 0.342 e. The first-order valence-electron chi connectivity index (χ1n) is 9.67. The van der Waals surface area contributed by atoms with Crippen molar-refractivity contribution in [1.29, 1.82) is 0 Å². The van der Waals surface area contributed by atoms with Gasteiger partial charge in [0.25, 0.3) is 5.56 Å². The quantitative estimate of drug-likeness (QED) is 0.792. The van der Waals surface area contributed by atoms with Crippen LogP contribution >= 0.6 is 0 Å². The van der Waals surface area contributed by atoms with Crippen LogP contribution in [0.5, 0.6) is 0 Å². The zero-order valence-electron chi connectivity index (χ0n) is 15.8. The van der Waals surface area contributed by atoms with Crippen LogP contribution in [0.3, 0.4) is 0 Å². The summed E-state index contributed by atoms with van der Waals surface area (Å²) >= 11 is 0. The van der Waals surface area contributed by atoms with E-state index in [9.17, 15) is 14.4 Å². The number of nitrogens with zero attached hydrogens (tertiary/aromatic N) is 4. The van der Waals surface area contributed by atoms with Crippen molar-refractivity contribution in [2.45, 2.75) is 58.0 Å². The van der Waals surface area contributed by atoms with Crippen LogP contribution in [0.1, 0.15) is 50.8 Å². The van der Waals surface area contributed by atoms with Gasteiger partial charge in [-0.05, 0) is 19.3 Å². The number of hydrogen-bond acceptors (Lipinski definition) is 4. The second kappa shape index (κ2) is 8.83. The maximum absolute atomic E-state index is 12.6. The van der Waals surface area contributed by atoms with Gasteiger partial charge in [-0.3, -0.25) is 14.6 Å². The van der Waals surface area contributed by atoms with Gasteiger partial charge in [0.05, 0.1) is 0 Å². The molecule has 8 heteroatoms. The highest BCUT2D eigenvalue weighted by atomic mass is 16.2. The Bertz CT molecular complexity index is 882. The Morgan fingerprint density at radius 3 is 2.89 bits per heavy atom. The van der Waals surface area contributed by atoms with Crippen LogP contribution in [0.4, 0.5) is 0 Å². The maximum atomic E-state index is 12.6. The molecule has 1 fully saturated rings. The lowest BCUT2D eigenvalue weighted by molar-refractivity contribution is -0.132. The van der Waals surface area contributed by atoms with Crippen molar-refractivity contribution < 1.29 is 4.79 Å². The van der Waals surface area contributed by atoms with E-state index in [1.807, 2.05) is 17.3 Å². The molecular formula is C19H27N5O3. The minimum atomic E-state index is -0.482. The fourth-order valence-electron chi connectivity index (χ4n) is 3.61. The molecule has 3 rings (SSSR count). The average Bonchev–Trinajstić information content (AvgIpc) is 3.14. The molecule has 1 saturated heterocycles. The first-order chi connectivity index (χ1) is 13.1. The highest BCUT2D eigenvalue weighted by Gasteiger charge is 2.27. The minimum absolute atomic E-state index is 0.0319. The number of aromatic nitrogens is 4. The molecule has 0 spiro atoms. The number of nitrogens with one attached hydrogen (secondary N) is 1. The summed E-state index contributed by atoms with van der Waals surface area (Å²) < 4.78 is 3.57. The van der Waals surface area contributed by atoms with E-state index in [2.05, 4.69) is 21.5 Å². The van der Waals surface area contributed by atoms with E-state index >= 15 is 0 Å². The standard InChI is InChI=1S/C19H27N5O3/c1-2-3-9-22-13-8-20-18(22)15-5-4-10-24(14-15)17(26)7-12-23-11-6-16(25)21-19(23)27/h6,8,11,13,15H,2-5,7,9-10,12,14H2,1H3,(H,21,25,27). The second-order valence-corrected chi connectivity index (χ2v) is 7.06. The third-order valence-corrected chi connectivity index (χ3v) is 5.10. The van der Waals surface area contributed by atoms with E-state index in [1.54, 1.807) is 0 Å². The number of amides is 1. The summed E-state index contributed by atoms with van der Waals surface area (Å²) in [6.45, 7) is 4.81. The van der Waals surface area contributed by atoms with Crippen molar-refractivity contribution in [3.63, 3.8) is 0 Å². The van der Waals surface area contributed by atoms with Gasteiger partial charge in [-0.1, -0.05) is 13.3 Å². The van der Waals surface area contributed by atoms with Crippen LogP contribution in [-0.4, -0.2) is 43.0 Å². The molecule has 0 saturated carbocycles. The predicted molar refractivity (Wildman–Crippen MR) is 102 cm³/mol. The molecule has 1 aliphatic heterocycles. The summed E-state index contributed by atoms with van der Waals surface area (Å²) in [6.07, 6.45) is 9.77. The van der Waals surface area contributed by atoms with Crippen molar-refractivity contribution >= 4 is 5.91 Å². The number of hydrogen-bond donors (Lipinski definition) is 1. The Balaban J connectivity index is 1.60. The Morgan fingerprint density at radius 2 is 2.11 bits per heavy atom. The third kappa shape index (κ3) is 4.75. The minimum Gasteiger partial charge on any atom is -0.342 e. The lowest BCUT2D eigenvalue weighted by Gasteiger charge is -2.33. The highest BCUT2D eigenvalue weighted by molar-refractivity contribution is 5.76. The van der Waals surface area contributed by atoms with Crippen molar-refractivity contribution in [1.82, 2.24) is 24.0 Å². The number of carbonyl (C=O) groups excluding carboxylic acids is 1. The molecule has 0 aliphatic carbocycles. The summed E-state index contributed by atoms with van der Waals surface area (Å²) in [6, 6.07) is 1.29. The summed E-state index contributed by atoms with van der Waals surface area (Å²) in [5.41, 5.74) is -0.912. The first-order valence-corrected chi connectivity index (χ1v) is 9.67. The normalized spacial score (nSPS) is 17.2. The molecule has 2 aromatic rings. The van der Waals surface area contributed by atoms with Crippen molar-refractivity contribution in [2.24, 2.45) is 0 Å².